The van der Waals surface area contributed by atoms with E-state index in [1.807, 2.05) is 43.3 Å². The number of ether oxygens (including phenoxy) is 1. The van der Waals surface area contributed by atoms with E-state index < -0.39 is 0 Å². The Kier molecular flexibility index (Phi) is 3.51. The summed E-state index contributed by atoms with van der Waals surface area (Å²) in [6.07, 6.45) is 0. The summed E-state index contributed by atoms with van der Waals surface area (Å²) in [6.45, 7) is 1.89. The van der Waals surface area contributed by atoms with Crippen LogP contribution in [0.1, 0.15) is 5.69 Å². The Labute approximate surface area is 131 Å². The maximum atomic E-state index is 5.96. The van der Waals surface area contributed by atoms with Gasteiger partial charge in [0.05, 0.1) is 22.8 Å². The molecule has 5 heteroatoms. The molecule has 0 aliphatic rings. The lowest BCUT2D eigenvalue weighted by Crippen LogP contribution is -2.01. The Morgan fingerprint density at radius 1 is 1.10 bits per heavy atom. The summed E-state index contributed by atoms with van der Waals surface area (Å²) in [6, 6.07) is 12.0. The van der Waals surface area contributed by atoms with Crippen LogP contribution in [0.15, 0.2) is 40.9 Å². The van der Waals surface area contributed by atoms with Crippen molar-refractivity contribution < 1.29 is 4.74 Å². The monoisotopic (exact) mass is 343 g/mol. The SMILES string of the molecule is COc1ccc2ccccc2c1-c1nc(C)c(Br)c(N)n1. The lowest BCUT2D eigenvalue weighted by atomic mass is 10.0. The fraction of sp³-hybridized carbons (Fsp3) is 0.125. The van der Waals surface area contributed by atoms with Crippen LogP contribution in [0, 0.1) is 6.92 Å². The zero-order valence-electron chi connectivity index (χ0n) is 11.7. The standard InChI is InChI=1S/C16H14BrN3O/c1-9-14(17)15(18)20-16(19-9)13-11-6-4-3-5-10(11)7-8-12(13)21-2/h3-8H,1-2H3,(H2,18,19,20). The zero-order valence-corrected chi connectivity index (χ0v) is 13.3. The van der Waals surface area contributed by atoms with Crippen molar-refractivity contribution in [3.63, 3.8) is 0 Å². The Balaban J connectivity index is 2.38. The highest BCUT2D eigenvalue weighted by molar-refractivity contribution is 9.10. The van der Waals surface area contributed by atoms with Crippen molar-refractivity contribution in [2.24, 2.45) is 0 Å². The second-order valence-electron chi connectivity index (χ2n) is 4.70. The smallest absolute Gasteiger partial charge is 0.166 e. The van der Waals surface area contributed by atoms with Crippen molar-refractivity contribution in [1.82, 2.24) is 9.97 Å². The molecule has 0 amide bonds. The lowest BCUT2D eigenvalue weighted by molar-refractivity contribution is 0.416. The molecule has 4 nitrogen and oxygen atoms in total. The first-order valence-electron chi connectivity index (χ1n) is 6.47. The fourth-order valence-corrected chi connectivity index (χ4v) is 2.52. The van der Waals surface area contributed by atoms with Gasteiger partial charge in [0.1, 0.15) is 11.6 Å². The van der Waals surface area contributed by atoms with Crippen molar-refractivity contribution in [3.8, 4) is 17.1 Å². The molecule has 2 aromatic carbocycles. The summed E-state index contributed by atoms with van der Waals surface area (Å²) in [4.78, 5) is 8.95. The van der Waals surface area contributed by atoms with E-state index in [0.717, 1.165) is 32.3 Å². The van der Waals surface area contributed by atoms with E-state index in [4.69, 9.17) is 10.5 Å². The molecule has 106 valence electrons. The summed E-state index contributed by atoms with van der Waals surface area (Å²) in [5.74, 6) is 1.73. The lowest BCUT2D eigenvalue weighted by Gasteiger charge is -2.12. The molecule has 0 saturated carbocycles. The fourth-order valence-electron chi connectivity index (χ4n) is 2.35. The molecule has 0 saturated heterocycles. The summed E-state index contributed by atoms with van der Waals surface area (Å²) in [5, 5.41) is 2.15. The molecule has 1 heterocycles. The van der Waals surface area contributed by atoms with Crippen LogP contribution in [-0.2, 0) is 0 Å². The third-order valence-corrected chi connectivity index (χ3v) is 4.36. The van der Waals surface area contributed by atoms with Crippen LogP contribution in [0.3, 0.4) is 0 Å². The van der Waals surface area contributed by atoms with Crippen LogP contribution < -0.4 is 10.5 Å². The topological polar surface area (TPSA) is 61.0 Å². The van der Waals surface area contributed by atoms with Gasteiger partial charge in [-0.1, -0.05) is 30.3 Å². The first kappa shape index (κ1) is 13.8. The van der Waals surface area contributed by atoms with E-state index in [2.05, 4.69) is 25.9 Å². The van der Waals surface area contributed by atoms with Gasteiger partial charge in [0.15, 0.2) is 5.82 Å². The number of benzene rings is 2. The molecule has 3 rings (SSSR count). The summed E-state index contributed by atoms with van der Waals surface area (Å²) >= 11 is 3.39. The maximum absolute atomic E-state index is 5.96. The number of anilines is 1. The van der Waals surface area contributed by atoms with Crippen molar-refractivity contribution in [1.29, 1.82) is 0 Å². The predicted octanol–water partition coefficient (Wildman–Crippen LogP) is 3.96. The minimum absolute atomic E-state index is 0.424. The number of rotatable bonds is 2. The summed E-state index contributed by atoms with van der Waals surface area (Å²) in [5.41, 5.74) is 7.61. The van der Waals surface area contributed by atoms with Crippen molar-refractivity contribution >= 4 is 32.5 Å². The van der Waals surface area contributed by atoms with E-state index in [1.165, 1.54) is 0 Å². The van der Waals surface area contributed by atoms with Gasteiger partial charge in [-0.15, -0.1) is 0 Å². The number of fused-ring (bicyclic) bond motifs is 1. The molecule has 2 N–H and O–H groups in total. The van der Waals surface area contributed by atoms with Crippen LogP contribution in [0.4, 0.5) is 5.82 Å². The largest absolute Gasteiger partial charge is 0.496 e. The molecule has 0 fully saturated rings. The van der Waals surface area contributed by atoms with Crippen molar-refractivity contribution in [2.45, 2.75) is 6.92 Å². The van der Waals surface area contributed by atoms with Crippen molar-refractivity contribution in [2.75, 3.05) is 12.8 Å². The molecular weight excluding hydrogens is 330 g/mol. The van der Waals surface area contributed by atoms with Crippen LogP contribution in [0.25, 0.3) is 22.2 Å². The Morgan fingerprint density at radius 2 is 1.86 bits per heavy atom. The second-order valence-corrected chi connectivity index (χ2v) is 5.49. The van der Waals surface area contributed by atoms with Gasteiger partial charge in [0.2, 0.25) is 0 Å². The van der Waals surface area contributed by atoms with Gasteiger partial charge in [0, 0.05) is 0 Å². The number of aromatic nitrogens is 2. The second kappa shape index (κ2) is 5.33. The molecule has 0 atom stereocenters. The number of nitrogens with two attached hydrogens (primary N) is 1. The van der Waals surface area contributed by atoms with Gasteiger partial charge in [0.25, 0.3) is 0 Å². The van der Waals surface area contributed by atoms with E-state index in [0.29, 0.717) is 11.6 Å². The molecule has 3 aromatic rings. The van der Waals surface area contributed by atoms with Gasteiger partial charge < -0.3 is 10.5 Å². The molecule has 0 spiro atoms. The normalized spacial score (nSPS) is 10.8. The molecule has 0 bridgehead atoms. The number of nitrogen functional groups attached to an aromatic ring is 1. The minimum Gasteiger partial charge on any atom is -0.496 e. The van der Waals surface area contributed by atoms with E-state index >= 15 is 0 Å². The summed E-state index contributed by atoms with van der Waals surface area (Å²) < 4.78 is 6.21. The van der Waals surface area contributed by atoms with Gasteiger partial charge in [-0.05, 0) is 39.7 Å². The molecule has 0 radical (unpaired) electrons. The number of hydrogen-bond acceptors (Lipinski definition) is 4. The number of methoxy groups -OCH3 is 1. The van der Waals surface area contributed by atoms with E-state index in [1.54, 1.807) is 7.11 Å². The number of halogens is 1. The molecule has 0 aliphatic heterocycles. The van der Waals surface area contributed by atoms with Gasteiger partial charge in [-0.2, -0.15) is 0 Å². The summed E-state index contributed by atoms with van der Waals surface area (Å²) in [7, 11) is 1.64. The Bertz CT molecular complexity index is 810. The number of hydrogen-bond donors (Lipinski definition) is 1. The van der Waals surface area contributed by atoms with Crippen LogP contribution in [-0.4, -0.2) is 17.1 Å². The quantitative estimate of drug-likeness (QED) is 0.764. The van der Waals surface area contributed by atoms with Crippen LogP contribution in [0.2, 0.25) is 0 Å². The van der Waals surface area contributed by atoms with Gasteiger partial charge >= 0.3 is 0 Å². The predicted molar refractivity (Wildman–Crippen MR) is 88.4 cm³/mol. The highest BCUT2D eigenvalue weighted by Crippen LogP contribution is 2.36. The Hall–Kier alpha value is -2.14. The third kappa shape index (κ3) is 2.34. The molecule has 21 heavy (non-hydrogen) atoms. The molecule has 1 aromatic heterocycles. The minimum atomic E-state index is 0.424. The average Bonchev–Trinajstić information content (AvgIpc) is 2.51. The number of aryl methyl sites for hydroxylation is 1. The first-order valence-corrected chi connectivity index (χ1v) is 7.27. The highest BCUT2D eigenvalue weighted by Gasteiger charge is 2.15. The average molecular weight is 344 g/mol. The Morgan fingerprint density at radius 3 is 2.57 bits per heavy atom. The van der Waals surface area contributed by atoms with Crippen LogP contribution in [0.5, 0.6) is 5.75 Å². The zero-order chi connectivity index (χ0) is 15.0. The van der Waals surface area contributed by atoms with E-state index in [9.17, 15) is 0 Å². The van der Waals surface area contributed by atoms with Gasteiger partial charge in [-0.3, -0.25) is 0 Å². The van der Waals surface area contributed by atoms with Gasteiger partial charge in [-0.25, -0.2) is 9.97 Å². The molecular formula is C16H14BrN3O. The van der Waals surface area contributed by atoms with Crippen molar-refractivity contribution in [3.05, 3.63) is 46.6 Å². The van der Waals surface area contributed by atoms with E-state index in [-0.39, 0.29) is 0 Å². The third-order valence-electron chi connectivity index (χ3n) is 3.38. The first-order chi connectivity index (χ1) is 10.1. The molecule has 0 aliphatic carbocycles. The highest BCUT2D eigenvalue weighted by atomic mass is 79.9. The molecule has 0 unspecified atom stereocenters. The maximum Gasteiger partial charge on any atom is 0.166 e. The van der Waals surface area contributed by atoms with Crippen LogP contribution >= 0.6 is 15.9 Å². The number of nitrogens with zero attached hydrogens (tertiary/aromatic N) is 2.